The van der Waals surface area contributed by atoms with Gasteiger partial charge in [-0.25, -0.2) is 0 Å². The molecule has 0 spiro atoms. The minimum atomic E-state index is 0.141. The molecular weight excluding hydrogens is 278 g/mol. The second-order valence-corrected chi connectivity index (χ2v) is 6.04. The quantitative estimate of drug-likeness (QED) is 0.799. The van der Waals surface area contributed by atoms with Gasteiger partial charge in [-0.2, -0.15) is 10.1 Å². The van der Waals surface area contributed by atoms with Crippen molar-refractivity contribution in [2.24, 2.45) is 0 Å². The van der Waals surface area contributed by atoms with E-state index in [2.05, 4.69) is 58.7 Å². The number of methoxy groups -OCH3 is 1. The molecule has 0 aliphatic heterocycles. The van der Waals surface area contributed by atoms with Crippen LogP contribution >= 0.6 is 0 Å². The molecule has 2 rings (SSSR count). The van der Waals surface area contributed by atoms with Crippen molar-refractivity contribution in [3.05, 3.63) is 36.0 Å². The highest BCUT2D eigenvalue weighted by Gasteiger charge is 2.12. The van der Waals surface area contributed by atoms with Crippen LogP contribution in [0.1, 0.15) is 26.3 Å². The highest BCUT2D eigenvalue weighted by Crippen LogP contribution is 2.24. The van der Waals surface area contributed by atoms with Gasteiger partial charge in [-0.1, -0.05) is 32.9 Å². The maximum Gasteiger partial charge on any atom is 0.249 e. The number of anilines is 3. The van der Waals surface area contributed by atoms with Crippen LogP contribution in [0.2, 0.25) is 0 Å². The van der Waals surface area contributed by atoms with E-state index in [1.807, 2.05) is 12.1 Å². The van der Waals surface area contributed by atoms with E-state index in [-0.39, 0.29) is 5.41 Å². The molecule has 22 heavy (non-hydrogen) atoms. The van der Waals surface area contributed by atoms with Gasteiger partial charge in [-0.3, -0.25) is 0 Å². The summed E-state index contributed by atoms with van der Waals surface area (Å²) in [7, 11) is 1.66. The second kappa shape index (κ2) is 7.17. The first-order valence-corrected chi connectivity index (χ1v) is 7.29. The first kappa shape index (κ1) is 16.2. The number of benzene rings is 1. The van der Waals surface area contributed by atoms with Crippen LogP contribution in [0.25, 0.3) is 0 Å². The molecule has 0 atom stereocenters. The Labute approximate surface area is 131 Å². The first-order chi connectivity index (χ1) is 10.5. The smallest absolute Gasteiger partial charge is 0.249 e. The first-order valence-electron chi connectivity index (χ1n) is 7.29. The molecule has 2 N–H and O–H groups in total. The maximum absolute atomic E-state index is 4.99. The van der Waals surface area contributed by atoms with Gasteiger partial charge in [-0.05, 0) is 23.1 Å². The average Bonchev–Trinajstić information content (AvgIpc) is 2.48. The molecule has 118 valence electrons. The largest absolute Gasteiger partial charge is 0.383 e. The third-order valence-electron chi connectivity index (χ3n) is 3.18. The number of hydrogen-bond acceptors (Lipinski definition) is 6. The fourth-order valence-corrected chi connectivity index (χ4v) is 1.91. The summed E-state index contributed by atoms with van der Waals surface area (Å²) in [5.41, 5.74) is 2.36. The lowest BCUT2D eigenvalue weighted by Gasteiger charge is -2.19. The lowest BCUT2D eigenvalue weighted by molar-refractivity contribution is 0.210. The molecule has 0 bridgehead atoms. The Morgan fingerprint density at radius 1 is 1.14 bits per heavy atom. The maximum atomic E-state index is 4.99. The summed E-state index contributed by atoms with van der Waals surface area (Å²) in [5, 5.41) is 14.2. The van der Waals surface area contributed by atoms with Crippen LogP contribution in [0.15, 0.2) is 30.5 Å². The fourth-order valence-electron chi connectivity index (χ4n) is 1.91. The normalized spacial score (nSPS) is 11.3. The molecule has 0 fully saturated rings. The highest BCUT2D eigenvalue weighted by atomic mass is 16.5. The van der Waals surface area contributed by atoms with Crippen LogP contribution in [0.3, 0.4) is 0 Å². The molecule has 1 aromatic carbocycles. The minimum Gasteiger partial charge on any atom is -0.383 e. The van der Waals surface area contributed by atoms with Gasteiger partial charge in [-0.15, -0.1) is 5.10 Å². The van der Waals surface area contributed by atoms with Gasteiger partial charge in [0.05, 0.1) is 12.8 Å². The SMILES string of the molecule is COCCNc1cnnc(Nc2ccc(C(C)(C)C)cc2)n1. The van der Waals surface area contributed by atoms with Crippen molar-refractivity contribution in [1.29, 1.82) is 0 Å². The molecule has 0 radical (unpaired) electrons. The number of hydrogen-bond donors (Lipinski definition) is 2. The standard InChI is InChI=1S/C16H23N5O/c1-16(2,3)12-5-7-13(8-6-12)19-15-20-14(11-18-21-15)17-9-10-22-4/h5-8,11H,9-10H2,1-4H3,(H2,17,19,20,21). The van der Waals surface area contributed by atoms with Crippen molar-refractivity contribution in [2.75, 3.05) is 30.9 Å². The highest BCUT2D eigenvalue weighted by molar-refractivity contribution is 5.55. The molecule has 0 amide bonds. The Hall–Kier alpha value is -2.21. The summed E-state index contributed by atoms with van der Waals surface area (Å²) >= 11 is 0. The average molecular weight is 301 g/mol. The minimum absolute atomic E-state index is 0.141. The second-order valence-electron chi connectivity index (χ2n) is 6.04. The Morgan fingerprint density at radius 3 is 2.50 bits per heavy atom. The topological polar surface area (TPSA) is 72.0 Å². The van der Waals surface area contributed by atoms with E-state index < -0.39 is 0 Å². The Kier molecular flexibility index (Phi) is 5.27. The van der Waals surface area contributed by atoms with E-state index in [1.165, 1.54) is 5.56 Å². The molecule has 0 saturated carbocycles. The lowest BCUT2D eigenvalue weighted by Crippen LogP contribution is -2.11. The van der Waals surface area contributed by atoms with E-state index in [1.54, 1.807) is 13.3 Å². The summed E-state index contributed by atoms with van der Waals surface area (Å²) in [4.78, 5) is 4.36. The number of nitrogens with zero attached hydrogens (tertiary/aromatic N) is 3. The van der Waals surface area contributed by atoms with Crippen LogP contribution in [0, 0.1) is 0 Å². The molecule has 6 heteroatoms. The Bertz CT molecular complexity index is 592. The van der Waals surface area contributed by atoms with Crippen LogP contribution in [-0.4, -0.2) is 35.4 Å². The fraction of sp³-hybridized carbons (Fsp3) is 0.438. The van der Waals surface area contributed by atoms with Crippen molar-refractivity contribution >= 4 is 17.5 Å². The molecule has 6 nitrogen and oxygen atoms in total. The van der Waals surface area contributed by atoms with Crippen LogP contribution < -0.4 is 10.6 Å². The predicted molar refractivity (Wildman–Crippen MR) is 88.6 cm³/mol. The van der Waals surface area contributed by atoms with Gasteiger partial charge in [0, 0.05) is 19.3 Å². The van der Waals surface area contributed by atoms with Gasteiger partial charge in [0.2, 0.25) is 5.95 Å². The zero-order chi connectivity index (χ0) is 16.0. The van der Waals surface area contributed by atoms with Crippen molar-refractivity contribution in [1.82, 2.24) is 15.2 Å². The van der Waals surface area contributed by atoms with E-state index in [0.717, 1.165) is 5.69 Å². The molecule has 0 aliphatic rings. The van der Waals surface area contributed by atoms with Crippen molar-refractivity contribution in [3.63, 3.8) is 0 Å². The molecular formula is C16H23N5O. The van der Waals surface area contributed by atoms with E-state index >= 15 is 0 Å². The van der Waals surface area contributed by atoms with Gasteiger partial charge >= 0.3 is 0 Å². The zero-order valence-electron chi connectivity index (χ0n) is 13.6. The molecule has 0 saturated heterocycles. The molecule has 0 unspecified atom stereocenters. The third-order valence-corrected chi connectivity index (χ3v) is 3.18. The van der Waals surface area contributed by atoms with Gasteiger partial charge in [0.1, 0.15) is 0 Å². The summed E-state index contributed by atoms with van der Waals surface area (Å²) in [6.45, 7) is 7.86. The number of ether oxygens (including phenoxy) is 1. The predicted octanol–water partition coefficient (Wildman–Crippen LogP) is 2.97. The lowest BCUT2D eigenvalue weighted by atomic mass is 9.87. The zero-order valence-corrected chi connectivity index (χ0v) is 13.6. The Balaban J connectivity index is 2.02. The molecule has 2 aromatic rings. The van der Waals surface area contributed by atoms with E-state index in [4.69, 9.17) is 4.74 Å². The molecule has 1 aromatic heterocycles. The number of aromatic nitrogens is 3. The number of rotatable bonds is 6. The summed E-state index contributed by atoms with van der Waals surface area (Å²) in [6, 6.07) is 8.26. The van der Waals surface area contributed by atoms with Gasteiger partial charge in [0.25, 0.3) is 0 Å². The van der Waals surface area contributed by atoms with Crippen molar-refractivity contribution < 1.29 is 4.74 Å². The van der Waals surface area contributed by atoms with Crippen molar-refractivity contribution in [2.45, 2.75) is 26.2 Å². The molecule has 0 aliphatic carbocycles. The third kappa shape index (κ3) is 4.66. The van der Waals surface area contributed by atoms with E-state index in [9.17, 15) is 0 Å². The van der Waals surface area contributed by atoms with Gasteiger partial charge < -0.3 is 15.4 Å². The molecule has 1 heterocycles. The van der Waals surface area contributed by atoms with E-state index in [0.29, 0.717) is 24.9 Å². The number of nitrogens with one attached hydrogen (secondary N) is 2. The van der Waals surface area contributed by atoms with Gasteiger partial charge in [0.15, 0.2) is 5.82 Å². The summed E-state index contributed by atoms with van der Waals surface area (Å²) in [6.07, 6.45) is 1.59. The monoisotopic (exact) mass is 301 g/mol. The summed E-state index contributed by atoms with van der Waals surface area (Å²) in [5.74, 6) is 1.13. The van der Waals surface area contributed by atoms with Crippen molar-refractivity contribution in [3.8, 4) is 0 Å². The van der Waals surface area contributed by atoms with Crippen LogP contribution in [-0.2, 0) is 10.2 Å². The van der Waals surface area contributed by atoms with Crippen LogP contribution in [0.5, 0.6) is 0 Å². The van der Waals surface area contributed by atoms with Crippen LogP contribution in [0.4, 0.5) is 17.5 Å². The Morgan fingerprint density at radius 2 is 1.86 bits per heavy atom. The summed E-state index contributed by atoms with van der Waals surface area (Å²) < 4.78 is 4.99.